The number of rotatable bonds is 9. The Hall–Kier alpha value is -1.79. The Kier molecular flexibility index (Phi) is 11.8. The molecule has 2 rings (SSSR count). The van der Waals surface area contributed by atoms with Gasteiger partial charge in [0.05, 0.1) is 18.7 Å². The number of hydrogen-bond acceptors (Lipinski definition) is 5. The SMILES string of the molecule is CN=C(NCCNC(=O)Cc1cccc(F)c1)N(C)Cc1csc(C(C)OC)n1.I. The Morgan fingerprint density at radius 2 is 2.10 bits per heavy atom. The van der Waals surface area contributed by atoms with Gasteiger partial charge in [0.15, 0.2) is 5.96 Å². The van der Waals surface area contributed by atoms with Crippen LogP contribution in [0.1, 0.15) is 29.3 Å². The monoisotopic (exact) mass is 549 g/mol. The zero-order valence-corrected chi connectivity index (χ0v) is 20.8. The molecule has 0 bridgehead atoms. The largest absolute Gasteiger partial charge is 0.375 e. The van der Waals surface area contributed by atoms with Gasteiger partial charge in [0.25, 0.3) is 0 Å². The highest BCUT2D eigenvalue weighted by atomic mass is 127. The number of ether oxygens (including phenoxy) is 1. The molecule has 30 heavy (non-hydrogen) atoms. The van der Waals surface area contributed by atoms with Crippen molar-refractivity contribution in [1.82, 2.24) is 20.5 Å². The van der Waals surface area contributed by atoms with Gasteiger partial charge in [0.1, 0.15) is 16.9 Å². The molecule has 10 heteroatoms. The van der Waals surface area contributed by atoms with Crippen molar-refractivity contribution in [1.29, 1.82) is 0 Å². The van der Waals surface area contributed by atoms with Gasteiger partial charge in [-0.3, -0.25) is 9.79 Å². The summed E-state index contributed by atoms with van der Waals surface area (Å²) in [4.78, 5) is 22.8. The van der Waals surface area contributed by atoms with E-state index in [-0.39, 0.29) is 48.2 Å². The van der Waals surface area contributed by atoms with Crippen molar-refractivity contribution in [2.75, 3.05) is 34.3 Å². The molecule has 166 valence electrons. The molecule has 1 amide bonds. The van der Waals surface area contributed by atoms with E-state index in [4.69, 9.17) is 4.74 Å². The molecule has 0 aliphatic rings. The molecular weight excluding hydrogens is 520 g/mol. The number of thiazole rings is 1. The number of benzene rings is 1. The van der Waals surface area contributed by atoms with Gasteiger partial charge in [-0.05, 0) is 24.6 Å². The summed E-state index contributed by atoms with van der Waals surface area (Å²) in [5.41, 5.74) is 1.60. The van der Waals surface area contributed by atoms with E-state index in [0.717, 1.165) is 10.7 Å². The number of hydrogen-bond donors (Lipinski definition) is 2. The van der Waals surface area contributed by atoms with Crippen LogP contribution in [0.15, 0.2) is 34.6 Å². The molecule has 0 fully saturated rings. The summed E-state index contributed by atoms with van der Waals surface area (Å²) in [6.07, 6.45) is 0.130. The summed E-state index contributed by atoms with van der Waals surface area (Å²) >= 11 is 1.58. The minimum Gasteiger partial charge on any atom is -0.375 e. The molecule has 7 nitrogen and oxygen atoms in total. The van der Waals surface area contributed by atoms with Crippen molar-refractivity contribution in [3.8, 4) is 0 Å². The predicted octanol–water partition coefficient (Wildman–Crippen LogP) is 2.97. The molecule has 1 aromatic carbocycles. The summed E-state index contributed by atoms with van der Waals surface area (Å²) in [5.74, 6) is 0.217. The van der Waals surface area contributed by atoms with Gasteiger partial charge >= 0.3 is 0 Å². The van der Waals surface area contributed by atoms with E-state index < -0.39 is 0 Å². The molecule has 1 heterocycles. The number of nitrogens with one attached hydrogen (secondary N) is 2. The average molecular weight is 549 g/mol. The predicted molar refractivity (Wildman–Crippen MR) is 129 cm³/mol. The first-order valence-electron chi connectivity index (χ1n) is 9.33. The van der Waals surface area contributed by atoms with Gasteiger partial charge in [0.2, 0.25) is 5.91 Å². The number of carbonyl (C=O) groups excluding carboxylic acids is 1. The first kappa shape index (κ1) is 26.2. The van der Waals surface area contributed by atoms with Gasteiger partial charge in [0, 0.05) is 39.7 Å². The lowest BCUT2D eigenvalue weighted by Crippen LogP contribution is -2.42. The minimum atomic E-state index is -0.340. The number of aromatic nitrogens is 1. The molecule has 0 spiro atoms. The maximum atomic E-state index is 13.2. The molecule has 0 radical (unpaired) electrons. The second-order valence-corrected chi connectivity index (χ2v) is 7.43. The van der Waals surface area contributed by atoms with E-state index in [0.29, 0.717) is 31.2 Å². The highest BCUT2D eigenvalue weighted by molar-refractivity contribution is 14.0. The van der Waals surface area contributed by atoms with Crippen molar-refractivity contribution < 1.29 is 13.9 Å². The molecule has 1 unspecified atom stereocenters. The van der Waals surface area contributed by atoms with Gasteiger partial charge in [-0.2, -0.15) is 0 Å². The third-order valence-corrected chi connectivity index (χ3v) is 5.28. The average Bonchev–Trinajstić information content (AvgIpc) is 3.15. The molecular formula is C20H29FIN5O2S. The molecule has 0 aliphatic heterocycles. The zero-order valence-electron chi connectivity index (χ0n) is 17.6. The number of aliphatic imine (C=N–C) groups is 1. The summed E-state index contributed by atoms with van der Waals surface area (Å²) in [5, 5.41) is 8.99. The van der Waals surface area contributed by atoms with Crippen molar-refractivity contribution >= 4 is 47.2 Å². The van der Waals surface area contributed by atoms with Gasteiger partial charge in [-0.1, -0.05) is 12.1 Å². The Balaban J connectivity index is 0.00000450. The lowest BCUT2D eigenvalue weighted by Gasteiger charge is -2.21. The number of carbonyl (C=O) groups is 1. The van der Waals surface area contributed by atoms with Crippen LogP contribution in [0.3, 0.4) is 0 Å². The van der Waals surface area contributed by atoms with Crippen LogP contribution in [0.4, 0.5) is 4.39 Å². The zero-order chi connectivity index (χ0) is 21.2. The van der Waals surface area contributed by atoms with Crippen LogP contribution in [0.5, 0.6) is 0 Å². The minimum absolute atomic E-state index is 0. The molecule has 0 aliphatic carbocycles. The van der Waals surface area contributed by atoms with E-state index in [1.165, 1.54) is 12.1 Å². The van der Waals surface area contributed by atoms with Crippen LogP contribution in [0.25, 0.3) is 0 Å². The molecule has 1 atom stereocenters. The van der Waals surface area contributed by atoms with Crippen LogP contribution in [-0.2, 0) is 22.5 Å². The summed E-state index contributed by atoms with van der Waals surface area (Å²) < 4.78 is 18.5. The third kappa shape index (κ3) is 8.52. The van der Waals surface area contributed by atoms with Crippen LogP contribution in [0.2, 0.25) is 0 Å². The molecule has 0 saturated carbocycles. The second-order valence-electron chi connectivity index (χ2n) is 6.54. The second kappa shape index (κ2) is 13.5. The number of methoxy groups -OCH3 is 1. The Morgan fingerprint density at radius 3 is 2.77 bits per heavy atom. The Bertz CT molecular complexity index is 833. The summed E-state index contributed by atoms with van der Waals surface area (Å²) in [6.45, 7) is 3.54. The van der Waals surface area contributed by atoms with E-state index in [1.807, 2.05) is 24.3 Å². The van der Waals surface area contributed by atoms with Crippen LogP contribution < -0.4 is 10.6 Å². The van der Waals surface area contributed by atoms with Crippen LogP contribution in [-0.4, -0.2) is 56.0 Å². The number of amides is 1. The number of halogens is 2. The third-order valence-electron chi connectivity index (χ3n) is 4.23. The fourth-order valence-electron chi connectivity index (χ4n) is 2.66. The van der Waals surface area contributed by atoms with Gasteiger partial charge < -0.3 is 20.3 Å². The normalized spacial score (nSPS) is 12.1. The molecule has 0 saturated heterocycles. The van der Waals surface area contributed by atoms with E-state index in [2.05, 4.69) is 20.6 Å². The lowest BCUT2D eigenvalue weighted by atomic mass is 10.1. The van der Waals surface area contributed by atoms with Crippen molar-refractivity contribution in [3.05, 3.63) is 51.7 Å². The fraction of sp³-hybridized carbons (Fsp3) is 0.450. The maximum Gasteiger partial charge on any atom is 0.224 e. The first-order valence-corrected chi connectivity index (χ1v) is 10.2. The standard InChI is InChI=1S/C20H28FN5O2S.HI/c1-14(28-4)19-25-17(13-29-19)12-26(3)20(22-2)24-9-8-23-18(27)11-15-6-5-7-16(21)10-15;/h5-7,10,13-14H,8-9,11-12H2,1-4H3,(H,22,24)(H,23,27);1H. The van der Waals surface area contributed by atoms with Gasteiger partial charge in [-0.15, -0.1) is 35.3 Å². The number of guanidine groups is 1. The summed E-state index contributed by atoms with van der Waals surface area (Å²) in [6, 6.07) is 6.06. The molecule has 1 aromatic heterocycles. The lowest BCUT2D eigenvalue weighted by molar-refractivity contribution is -0.120. The highest BCUT2D eigenvalue weighted by Gasteiger charge is 2.12. The Morgan fingerprint density at radius 1 is 1.37 bits per heavy atom. The number of nitrogens with zero attached hydrogens (tertiary/aromatic N) is 3. The first-order chi connectivity index (χ1) is 13.9. The van der Waals surface area contributed by atoms with Crippen molar-refractivity contribution in [2.45, 2.75) is 26.0 Å². The van der Waals surface area contributed by atoms with Crippen molar-refractivity contribution in [3.63, 3.8) is 0 Å². The topological polar surface area (TPSA) is 78.9 Å². The van der Waals surface area contributed by atoms with Gasteiger partial charge in [-0.25, -0.2) is 9.37 Å². The smallest absolute Gasteiger partial charge is 0.224 e. The van der Waals surface area contributed by atoms with Crippen LogP contribution >= 0.6 is 35.3 Å². The Labute approximate surface area is 198 Å². The summed E-state index contributed by atoms with van der Waals surface area (Å²) in [7, 11) is 5.30. The highest BCUT2D eigenvalue weighted by Crippen LogP contribution is 2.20. The molecule has 2 aromatic rings. The quantitative estimate of drug-likeness (QED) is 0.218. The van der Waals surface area contributed by atoms with E-state index in [9.17, 15) is 9.18 Å². The maximum absolute atomic E-state index is 13.2. The van der Waals surface area contributed by atoms with E-state index in [1.54, 1.807) is 37.6 Å². The van der Waals surface area contributed by atoms with Crippen LogP contribution in [0, 0.1) is 5.82 Å². The molecule has 2 N–H and O–H groups in total. The van der Waals surface area contributed by atoms with E-state index >= 15 is 0 Å². The fourth-order valence-corrected chi connectivity index (χ4v) is 3.50. The van der Waals surface area contributed by atoms with Crippen molar-refractivity contribution in [2.24, 2.45) is 4.99 Å².